The zero-order valence-corrected chi connectivity index (χ0v) is 21.7. The van der Waals surface area contributed by atoms with E-state index in [2.05, 4.69) is 14.7 Å². The molecule has 0 saturated heterocycles. The highest BCUT2D eigenvalue weighted by molar-refractivity contribution is 7.89. The van der Waals surface area contributed by atoms with Crippen LogP contribution >= 0.6 is 0 Å². The zero-order chi connectivity index (χ0) is 29.1. The number of rotatable bonds is 11. The van der Waals surface area contributed by atoms with Crippen LogP contribution in [0, 0.1) is 11.3 Å². The van der Waals surface area contributed by atoms with Crippen molar-refractivity contribution >= 4 is 21.8 Å². The maximum absolute atomic E-state index is 13.1. The van der Waals surface area contributed by atoms with Gasteiger partial charge in [-0.05, 0) is 31.9 Å². The fourth-order valence-electron chi connectivity index (χ4n) is 3.53. The topological polar surface area (TPSA) is 157 Å². The third-order valence-corrected chi connectivity index (χ3v) is 6.95. The van der Waals surface area contributed by atoms with Gasteiger partial charge in [0.25, 0.3) is 5.82 Å². The van der Waals surface area contributed by atoms with Crippen molar-refractivity contribution in [2.24, 2.45) is 0 Å². The normalized spacial score (nSPS) is 12.1. The third-order valence-electron chi connectivity index (χ3n) is 5.42. The Morgan fingerprint density at radius 1 is 1.08 bits per heavy atom. The minimum Gasteiger partial charge on any atom is -0.542 e. The molecule has 0 radical (unpaired) electrons. The molecule has 0 spiro atoms. The molecule has 0 saturated carbocycles. The van der Waals surface area contributed by atoms with Crippen LogP contribution < -0.4 is 14.8 Å². The highest BCUT2D eigenvalue weighted by atomic mass is 32.2. The van der Waals surface area contributed by atoms with Gasteiger partial charge in [-0.1, -0.05) is 55.3 Å². The van der Waals surface area contributed by atoms with Crippen LogP contribution in [0.15, 0.2) is 65.7 Å². The molecule has 0 bridgehead atoms. The Morgan fingerprint density at radius 3 is 2.28 bits per heavy atom. The summed E-state index contributed by atoms with van der Waals surface area (Å²) in [6.45, 7) is 1.57. The second kappa shape index (κ2) is 14.2. The van der Waals surface area contributed by atoms with Crippen LogP contribution in [0.4, 0.5) is 13.2 Å². The van der Waals surface area contributed by atoms with Crippen molar-refractivity contribution in [3.63, 3.8) is 0 Å². The molecule has 3 aromatic rings. The summed E-state index contributed by atoms with van der Waals surface area (Å²) in [5.41, 5.74) is 1.92. The molecule has 2 aromatic carbocycles. The Balaban J connectivity index is 0.000000673. The van der Waals surface area contributed by atoms with E-state index in [1.807, 2.05) is 42.6 Å². The van der Waals surface area contributed by atoms with E-state index < -0.39 is 28.2 Å². The number of aliphatic carboxylic acids is 1. The first-order valence-electron chi connectivity index (χ1n) is 11.8. The van der Waals surface area contributed by atoms with Crippen LogP contribution in [0.2, 0.25) is 0 Å². The molecule has 1 aromatic heterocycles. The molecule has 3 N–H and O–H groups in total. The fraction of sp³-hybridized carbons (Fsp3) is 0.308. The first-order valence-corrected chi connectivity index (χ1v) is 13.3. The van der Waals surface area contributed by atoms with Crippen molar-refractivity contribution in [2.75, 3.05) is 0 Å². The van der Waals surface area contributed by atoms with E-state index in [1.165, 1.54) is 12.1 Å². The van der Waals surface area contributed by atoms with E-state index in [9.17, 15) is 31.6 Å². The molecular formula is C26H27F3N4O5S. The first kappa shape index (κ1) is 31.2. The lowest BCUT2D eigenvalue weighted by molar-refractivity contribution is -0.391. The Morgan fingerprint density at radius 2 is 1.69 bits per heavy atom. The number of unbranched alkanes of at least 4 members (excludes halogenated alkanes) is 2. The number of sulfonamides is 1. The number of aromatic amines is 2. The van der Waals surface area contributed by atoms with Gasteiger partial charge in [0.1, 0.15) is 30.1 Å². The summed E-state index contributed by atoms with van der Waals surface area (Å²) in [5.74, 6) is -2.22. The number of aromatic nitrogens is 2. The Hall–Kier alpha value is -4.02. The lowest BCUT2D eigenvalue weighted by atomic mass is 10.1. The van der Waals surface area contributed by atoms with E-state index in [-0.39, 0.29) is 16.2 Å². The summed E-state index contributed by atoms with van der Waals surface area (Å²) in [7, 11) is -3.93. The maximum Gasteiger partial charge on any atom is 0.430 e. The van der Waals surface area contributed by atoms with E-state index >= 15 is 0 Å². The Labute approximate surface area is 223 Å². The number of carbonyl (C=O) groups excluding carboxylic acids is 2. The number of hydrogen-bond acceptors (Lipinski definition) is 6. The molecule has 39 heavy (non-hydrogen) atoms. The highest BCUT2D eigenvalue weighted by Gasteiger charge is 2.29. The van der Waals surface area contributed by atoms with Gasteiger partial charge in [-0.15, -0.1) is 0 Å². The molecule has 0 amide bonds. The van der Waals surface area contributed by atoms with Gasteiger partial charge in [-0.2, -0.15) is 23.2 Å². The first-order chi connectivity index (χ1) is 18.3. The number of alkyl halides is 3. The van der Waals surface area contributed by atoms with Gasteiger partial charge in [-0.3, -0.25) is 0 Å². The quantitative estimate of drug-likeness (QED) is 0.341. The molecule has 3 rings (SSSR count). The summed E-state index contributed by atoms with van der Waals surface area (Å²) in [4.78, 5) is 26.4. The van der Waals surface area contributed by atoms with Gasteiger partial charge < -0.3 is 14.7 Å². The minimum atomic E-state index is -5.19. The van der Waals surface area contributed by atoms with E-state index in [1.54, 1.807) is 19.1 Å². The van der Waals surface area contributed by atoms with Gasteiger partial charge in [0.05, 0.1) is 10.5 Å². The number of hydrogen-bond donors (Lipinski definition) is 2. The number of H-pyrrole nitrogens is 2. The number of nitriles is 1. The van der Waals surface area contributed by atoms with Crippen molar-refractivity contribution in [1.29, 1.82) is 5.26 Å². The van der Waals surface area contributed by atoms with Crippen LogP contribution in [0.5, 0.6) is 0 Å². The number of carbonyl (C=O) groups is 2. The Bertz CT molecular complexity index is 1400. The number of nitrogens with one attached hydrogen (secondary N) is 3. The van der Waals surface area contributed by atoms with Gasteiger partial charge >= 0.3 is 6.18 Å². The maximum atomic E-state index is 13.1. The van der Waals surface area contributed by atoms with Gasteiger partial charge in [0.2, 0.25) is 10.0 Å². The molecular weight excluding hydrogens is 537 g/mol. The highest BCUT2D eigenvalue weighted by Crippen LogP contribution is 2.24. The molecule has 0 fully saturated rings. The molecule has 9 nitrogen and oxygen atoms in total. The second-order valence-electron chi connectivity index (χ2n) is 8.48. The fourth-order valence-corrected chi connectivity index (χ4v) is 4.93. The van der Waals surface area contributed by atoms with Crippen LogP contribution in [0.25, 0.3) is 11.3 Å². The summed E-state index contributed by atoms with van der Waals surface area (Å²) < 4.78 is 60.5. The number of halogens is 3. The third kappa shape index (κ3) is 9.99. The number of Topliss-reactive ketones (excluding diaryl/α,β-unsaturated/α-hetero) is 1. The van der Waals surface area contributed by atoms with Crippen LogP contribution in [0.3, 0.4) is 0 Å². The van der Waals surface area contributed by atoms with Gasteiger partial charge in [0.15, 0.2) is 5.69 Å². The average molecular weight is 565 g/mol. The summed E-state index contributed by atoms with van der Waals surface area (Å²) >= 11 is 0. The SMILES string of the molecule is CC(=O)CCCCC[C@H](NS(=O)(=O)c1ccccc1C#N)c1[nH]c(-c2ccccc2)c[nH+]1.O=C([O-])C(F)(F)F. The predicted octanol–water partition coefficient (Wildman–Crippen LogP) is 3.23. The largest absolute Gasteiger partial charge is 0.542 e. The molecule has 1 atom stereocenters. The number of carboxylic acid groups (broad SMARTS) is 1. The summed E-state index contributed by atoms with van der Waals surface area (Å²) in [6, 6.07) is 17.3. The van der Waals surface area contributed by atoms with Crippen molar-refractivity contribution < 1.29 is 41.3 Å². The number of benzene rings is 2. The number of imidazole rings is 1. The molecule has 0 aliphatic heterocycles. The monoisotopic (exact) mass is 564 g/mol. The molecule has 208 valence electrons. The van der Waals surface area contributed by atoms with Gasteiger partial charge in [-0.25, -0.2) is 18.4 Å². The van der Waals surface area contributed by atoms with Crippen molar-refractivity contribution in [3.8, 4) is 17.3 Å². The summed E-state index contributed by atoms with van der Waals surface area (Å²) in [6.07, 6.45) is 0.0171. The van der Waals surface area contributed by atoms with Crippen LogP contribution in [-0.4, -0.2) is 31.3 Å². The van der Waals surface area contributed by atoms with Crippen molar-refractivity contribution in [2.45, 2.75) is 56.1 Å². The molecule has 0 aliphatic carbocycles. The number of nitrogens with zero attached hydrogens (tertiary/aromatic N) is 1. The molecule has 1 heterocycles. The van der Waals surface area contributed by atoms with Gasteiger partial charge in [0, 0.05) is 12.0 Å². The summed E-state index contributed by atoms with van der Waals surface area (Å²) in [5, 5.41) is 18.1. The molecule has 0 unspecified atom stereocenters. The van der Waals surface area contributed by atoms with E-state index in [0.29, 0.717) is 18.7 Å². The predicted molar refractivity (Wildman–Crippen MR) is 132 cm³/mol. The second-order valence-corrected chi connectivity index (χ2v) is 10.2. The number of carboxylic acids is 1. The van der Waals surface area contributed by atoms with Crippen LogP contribution in [0.1, 0.15) is 56.5 Å². The smallest absolute Gasteiger partial charge is 0.430 e. The number of ketones is 1. The minimum absolute atomic E-state index is 0.0427. The van der Waals surface area contributed by atoms with E-state index in [4.69, 9.17) is 9.90 Å². The lowest BCUT2D eigenvalue weighted by Crippen LogP contribution is -2.37. The lowest BCUT2D eigenvalue weighted by Gasteiger charge is -2.15. The van der Waals surface area contributed by atoms with Crippen LogP contribution in [-0.2, 0) is 19.6 Å². The molecule has 0 aliphatic rings. The zero-order valence-electron chi connectivity index (χ0n) is 20.9. The van der Waals surface area contributed by atoms with Crippen molar-refractivity contribution in [3.05, 3.63) is 72.2 Å². The van der Waals surface area contributed by atoms with E-state index in [0.717, 1.165) is 30.5 Å². The Kier molecular flexibility index (Phi) is 11.4. The average Bonchev–Trinajstić information content (AvgIpc) is 3.38. The molecule has 13 heteroatoms. The van der Waals surface area contributed by atoms with Crippen molar-refractivity contribution in [1.82, 2.24) is 9.71 Å². The standard InChI is InChI=1S/C24H26N4O3S.C2HF3O2/c1-18(29)10-4-2-7-14-21(24-26-17-22(27-24)19-11-5-3-6-12-19)28-32(30,31)23-15-9-8-13-20(23)16-25;3-2(4,5)1(6)7/h3,5-6,8-9,11-13,15,17,21,28H,2,4,7,10,14H2,1H3,(H,26,27);(H,6,7)/t21-;/m0./s1.